The summed E-state index contributed by atoms with van der Waals surface area (Å²) in [4.78, 5) is 0. The van der Waals surface area contributed by atoms with Crippen LogP contribution in [0.25, 0.3) is 0 Å². The molecule has 0 fully saturated rings. The van der Waals surface area contributed by atoms with Crippen molar-refractivity contribution in [2.75, 3.05) is 14.2 Å². The molecule has 2 unspecified atom stereocenters. The summed E-state index contributed by atoms with van der Waals surface area (Å²) in [5.74, 6) is 1.30. The molecule has 0 bridgehead atoms. The number of methoxy groups -OCH3 is 1. The molecule has 1 aromatic rings. The van der Waals surface area contributed by atoms with Gasteiger partial charge in [-0.15, -0.1) is 0 Å². The molecule has 3 heteroatoms. The lowest BCUT2D eigenvalue weighted by Gasteiger charge is -2.23. The molecule has 0 spiro atoms. The molecule has 114 valence electrons. The lowest BCUT2D eigenvalue weighted by molar-refractivity contribution is 0.0478. The van der Waals surface area contributed by atoms with Gasteiger partial charge in [-0.3, -0.25) is 0 Å². The van der Waals surface area contributed by atoms with E-state index >= 15 is 0 Å². The smallest absolute Gasteiger partial charge is 0.124 e. The van der Waals surface area contributed by atoms with Crippen molar-refractivity contribution in [1.29, 1.82) is 0 Å². The molecule has 1 aliphatic carbocycles. The molecule has 2 rings (SSSR count). The third-order valence-electron chi connectivity index (χ3n) is 4.02. The second kappa shape index (κ2) is 7.43. The van der Waals surface area contributed by atoms with E-state index in [4.69, 9.17) is 9.47 Å². The van der Waals surface area contributed by atoms with Crippen molar-refractivity contribution >= 4 is 0 Å². The van der Waals surface area contributed by atoms with Crippen molar-refractivity contribution in [2.45, 2.75) is 33.1 Å². The Morgan fingerprint density at radius 3 is 2.62 bits per heavy atom. The van der Waals surface area contributed by atoms with Crippen LogP contribution in [0.3, 0.4) is 0 Å². The van der Waals surface area contributed by atoms with E-state index in [0.717, 1.165) is 17.9 Å². The number of hydrogen-bond acceptors (Lipinski definition) is 3. The molecule has 0 amide bonds. The Labute approximate surface area is 127 Å². The Hall–Kier alpha value is -1.58. The van der Waals surface area contributed by atoms with Gasteiger partial charge in [0.25, 0.3) is 0 Å². The predicted octanol–water partition coefficient (Wildman–Crippen LogP) is 3.37. The standard InChI is InChI=1S/C18H25NO2/c1-13-7-5-6-8-17(13)21-12-16-14(2)15(11-19-3)9-10-18(16)20-4/h5-10,13,17,19H,11-12H2,1-4H3. The zero-order valence-electron chi connectivity index (χ0n) is 13.3. The van der Waals surface area contributed by atoms with Gasteiger partial charge in [0.2, 0.25) is 0 Å². The SMILES string of the molecule is CNCc1ccc(OC)c(COC2C=CC=CC2C)c1C. The first-order valence-corrected chi connectivity index (χ1v) is 7.44. The predicted molar refractivity (Wildman–Crippen MR) is 86.5 cm³/mol. The highest BCUT2D eigenvalue weighted by atomic mass is 16.5. The molecule has 1 aromatic carbocycles. The van der Waals surface area contributed by atoms with Crippen molar-refractivity contribution in [2.24, 2.45) is 5.92 Å². The van der Waals surface area contributed by atoms with Crippen LogP contribution in [-0.4, -0.2) is 20.3 Å². The second-order valence-electron chi connectivity index (χ2n) is 5.47. The Bertz CT molecular complexity index is 534. The molecule has 3 nitrogen and oxygen atoms in total. The first kappa shape index (κ1) is 15.8. The maximum Gasteiger partial charge on any atom is 0.124 e. The number of nitrogens with one attached hydrogen (secondary N) is 1. The van der Waals surface area contributed by atoms with Crippen LogP contribution < -0.4 is 10.1 Å². The van der Waals surface area contributed by atoms with Gasteiger partial charge in [0.05, 0.1) is 19.8 Å². The molecule has 0 heterocycles. The minimum atomic E-state index is 0.132. The van der Waals surface area contributed by atoms with Gasteiger partial charge >= 0.3 is 0 Å². The summed E-state index contributed by atoms with van der Waals surface area (Å²) in [5.41, 5.74) is 3.66. The van der Waals surface area contributed by atoms with Crippen LogP contribution in [0, 0.1) is 12.8 Å². The van der Waals surface area contributed by atoms with E-state index in [9.17, 15) is 0 Å². The summed E-state index contributed by atoms with van der Waals surface area (Å²) in [6.45, 7) is 5.73. The summed E-state index contributed by atoms with van der Waals surface area (Å²) < 4.78 is 11.6. The summed E-state index contributed by atoms with van der Waals surface area (Å²) in [7, 11) is 3.67. The van der Waals surface area contributed by atoms with Gasteiger partial charge in [-0.1, -0.05) is 37.3 Å². The lowest BCUT2D eigenvalue weighted by atomic mass is 9.99. The van der Waals surface area contributed by atoms with Gasteiger partial charge in [-0.25, -0.2) is 0 Å². The van der Waals surface area contributed by atoms with Crippen molar-refractivity contribution in [3.63, 3.8) is 0 Å². The van der Waals surface area contributed by atoms with E-state index in [0.29, 0.717) is 12.5 Å². The third kappa shape index (κ3) is 3.74. The fourth-order valence-electron chi connectivity index (χ4n) is 2.62. The first-order chi connectivity index (χ1) is 10.2. The molecule has 1 aliphatic rings. The molecule has 0 radical (unpaired) electrons. The molecular weight excluding hydrogens is 262 g/mol. The van der Waals surface area contributed by atoms with Crippen LogP contribution >= 0.6 is 0 Å². The quantitative estimate of drug-likeness (QED) is 0.870. The highest BCUT2D eigenvalue weighted by molar-refractivity contribution is 5.44. The molecule has 0 saturated heterocycles. The highest BCUT2D eigenvalue weighted by Crippen LogP contribution is 2.27. The largest absolute Gasteiger partial charge is 0.496 e. The highest BCUT2D eigenvalue weighted by Gasteiger charge is 2.17. The van der Waals surface area contributed by atoms with Gasteiger partial charge in [-0.05, 0) is 31.2 Å². The summed E-state index contributed by atoms with van der Waals surface area (Å²) in [5, 5.41) is 3.20. The Balaban J connectivity index is 2.16. The first-order valence-electron chi connectivity index (χ1n) is 7.44. The van der Waals surface area contributed by atoms with E-state index in [2.05, 4.69) is 43.5 Å². The number of allylic oxidation sites excluding steroid dienone is 2. The number of ether oxygens (including phenoxy) is 2. The van der Waals surface area contributed by atoms with E-state index in [1.807, 2.05) is 19.2 Å². The van der Waals surface area contributed by atoms with Gasteiger partial charge in [0.15, 0.2) is 0 Å². The van der Waals surface area contributed by atoms with Crippen LogP contribution in [0.15, 0.2) is 36.4 Å². The van der Waals surface area contributed by atoms with Crippen LogP contribution in [0.1, 0.15) is 23.6 Å². The topological polar surface area (TPSA) is 30.5 Å². The zero-order valence-corrected chi connectivity index (χ0v) is 13.3. The monoisotopic (exact) mass is 287 g/mol. The van der Waals surface area contributed by atoms with Crippen LogP contribution in [0.5, 0.6) is 5.75 Å². The average molecular weight is 287 g/mol. The third-order valence-corrected chi connectivity index (χ3v) is 4.02. The van der Waals surface area contributed by atoms with Crippen LogP contribution in [0.4, 0.5) is 0 Å². The van der Waals surface area contributed by atoms with Crippen molar-refractivity contribution in [3.05, 3.63) is 53.1 Å². The minimum absolute atomic E-state index is 0.132. The molecule has 2 atom stereocenters. The number of rotatable bonds is 6. The van der Waals surface area contributed by atoms with Crippen molar-refractivity contribution < 1.29 is 9.47 Å². The van der Waals surface area contributed by atoms with E-state index < -0.39 is 0 Å². The van der Waals surface area contributed by atoms with Gasteiger partial charge < -0.3 is 14.8 Å². The molecule has 0 aliphatic heterocycles. The summed E-state index contributed by atoms with van der Waals surface area (Å²) in [6.07, 6.45) is 8.54. The minimum Gasteiger partial charge on any atom is -0.496 e. The van der Waals surface area contributed by atoms with Crippen molar-refractivity contribution in [1.82, 2.24) is 5.32 Å². The number of benzene rings is 1. The van der Waals surface area contributed by atoms with E-state index in [1.165, 1.54) is 11.1 Å². The fraction of sp³-hybridized carbons (Fsp3) is 0.444. The van der Waals surface area contributed by atoms with E-state index in [1.54, 1.807) is 7.11 Å². The van der Waals surface area contributed by atoms with Crippen molar-refractivity contribution in [3.8, 4) is 5.75 Å². The second-order valence-corrected chi connectivity index (χ2v) is 5.47. The Morgan fingerprint density at radius 1 is 1.19 bits per heavy atom. The lowest BCUT2D eigenvalue weighted by Crippen LogP contribution is -2.20. The number of hydrogen-bond donors (Lipinski definition) is 1. The maximum atomic E-state index is 6.10. The van der Waals surface area contributed by atoms with E-state index in [-0.39, 0.29) is 6.10 Å². The molecular formula is C18H25NO2. The van der Waals surface area contributed by atoms with Gasteiger partial charge in [-0.2, -0.15) is 0 Å². The van der Waals surface area contributed by atoms with Crippen LogP contribution in [0.2, 0.25) is 0 Å². The fourth-order valence-corrected chi connectivity index (χ4v) is 2.62. The zero-order chi connectivity index (χ0) is 15.2. The molecule has 0 aromatic heterocycles. The molecule has 1 N–H and O–H groups in total. The molecule has 21 heavy (non-hydrogen) atoms. The molecule has 0 saturated carbocycles. The Morgan fingerprint density at radius 2 is 1.95 bits per heavy atom. The maximum absolute atomic E-state index is 6.10. The van der Waals surface area contributed by atoms with Gasteiger partial charge in [0.1, 0.15) is 5.75 Å². The summed E-state index contributed by atoms with van der Waals surface area (Å²) in [6, 6.07) is 4.14. The normalized spacial score (nSPS) is 20.8. The Kier molecular flexibility index (Phi) is 5.59. The average Bonchev–Trinajstić information content (AvgIpc) is 2.49. The van der Waals surface area contributed by atoms with Gasteiger partial charge in [0, 0.05) is 18.0 Å². The summed E-state index contributed by atoms with van der Waals surface area (Å²) >= 11 is 0. The van der Waals surface area contributed by atoms with Crippen LogP contribution in [-0.2, 0) is 17.9 Å².